The lowest BCUT2D eigenvalue weighted by Crippen LogP contribution is -2.32. The minimum atomic E-state index is -0.180. The van der Waals surface area contributed by atoms with E-state index in [0.717, 1.165) is 18.4 Å². The predicted molar refractivity (Wildman–Crippen MR) is 59.6 cm³/mol. The lowest BCUT2D eigenvalue weighted by molar-refractivity contribution is -0.110. The molecule has 2 unspecified atom stereocenters. The fourth-order valence-corrected chi connectivity index (χ4v) is 2.67. The van der Waals surface area contributed by atoms with Crippen molar-refractivity contribution in [3.63, 3.8) is 0 Å². The Kier molecular flexibility index (Phi) is 2.16. The molecule has 2 fully saturated rings. The molecule has 0 amide bonds. The highest BCUT2D eigenvalue weighted by molar-refractivity contribution is 5.99. The molecule has 1 aliphatic heterocycles. The van der Waals surface area contributed by atoms with Gasteiger partial charge in [-0.1, -0.05) is 20.4 Å². The van der Waals surface area contributed by atoms with Gasteiger partial charge in [0.2, 0.25) is 0 Å². The Bertz CT molecular complexity index is 345. The van der Waals surface area contributed by atoms with Crippen molar-refractivity contribution in [2.45, 2.75) is 45.3 Å². The summed E-state index contributed by atoms with van der Waals surface area (Å²) < 4.78 is 5.70. The van der Waals surface area contributed by atoms with Gasteiger partial charge < -0.3 is 4.74 Å². The van der Waals surface area contributed by atoms with Crippen LogP contribution in [0.15, 0.2) is 24.3 Å². The Morgan fingerprint density at radius 2 is 2.20 bits per heavy atom. The van der Waals surface area contributed by atoms with Gasteiger partial charge in [-0.25, -0.2) is 0 Å². The summed E-state index contributed by atoms with van der Waals surface area (Å²) in [4.78, 5) is 11.4. The Balaban J connectivity index is 2.36. The van der Waals surface area contributed by atoms with Crippen LogP contribution in [0.2, 0.25) is 0 Å². The molecule has 1 saturated carbocycles. The van der Waals surface area contributed by atoms with Gasteiger partial charge in [-0.05, 0) is 42.9 Å². The van der Waals surface area contributed by atoms with E-state index in [2.05, 4.69) is 27.4 Å². The zero-order valence-electron chi connectivity index (χ0n) is 9.67. The van der Waals surface area contributed by atoms with Crippen LogP contribution in [-0.4, -0.2) is 17.5 Å². The second-order valence-electron chi connectivity index (χ2n) is 5.30. The maximum atomic E-state index is 11.4. The van der Waals surface area contributed by atoms with E-state index in [9.17, 15) is 4.79 Å². The number of epoxide rings is 1. The van der Waals surface area contributed by atoms with E-state index in [1.807, 2.05) is 0 Å². The standard InChI is InChI=1S/C13H18O2/c1-5-9(14)8-10-12(2,3)7-6-11-13(10,4)15-11/h5,8,11H,1,6-7H2,2-4H3. The Morgan fingerprint density at radius 1 is 1.53 bits per heavy atom. The second kappa shape index (κ2) is 3.05. The average molecular weight is 206 g/mol. The normalized spacial score (nSPS) is 39.7. The number of rotatable bonds is 2. The third-order valence-corrected chi connectivity index (χ3v) is 3.73. The van der Waals surface area contributed by atoms with Crippen LogP contribution < -0.4 is 0 Å². The Morgan fingerprint density at radius 3 is 2.80 bits per heavy atom. The smallest absolute Gasteiger partial charge is 0.178 e. The summed E-state index contributed by atoms with van der Waals surface area (Å²) in [5.41, 5.74) is 1.03. The van der Waals surface area contributed by atoms with Crippen molar-refractivity contribution < 1.29 is 9.53 Å². The van der Waals surface area contributed by atoms with E-state index in [1.54, 1.807) is 6.08 Å². The first-order valence-electron chi connectivity index (χ1n) is 5.47. The summed E-state index contributed by atoms with van der Waals surface area (Å²) in [6.45, 7) is 9.94. The van der Waals surface area contributed by atoms with Gasteiger partial charge in [0.1, 0.15) is 5.60 Å². The van der Waals surface area contributed by atoms with E-state index < -0.39 is 0 Å². The molecule has 15 heavy (non-hydrogen) atoms. The highest BCUT2D eigenvalue weighted by atomic mass is 16.6. The monoisotopic (exact) mass is 206 g/mol. The van der Waals surface area contributed by atoms with Crippen LogP contribution in [0.4, 0.5) is 0 Å². The fraction of sp³-hybridized carbons (Fsp3) is 0.615. The summed E-state index contributed by atoms with van der Waals surface area (Å²) in [6.07, 6.45) is 5.59. The first-order valence-corrected chi connectivity index (χ1v) is 5.47. The van der Waals surface area contributed by atoms with Crippen molar-refractivity contribution >= 4 is 5.78 Å². The molecule has 2 nitrogen and oxygen atoms in total. The number of hydrogen-bond acceptors (Lipinski definition) is 2. The van der Waals surface area contributed by atoms with E-state index in [4.69, 9.17) is 4.74 Å². The van der Waals surface area contributed by atoms with Gasteiger partial charge in [0.05, 0.1) is 6.10 Å². The lowest BCUT2D eigenvalue weighted by Gasteiger charge is -2.34. The van der Waals surface area contributed by atoms with Gasteiger partial charge in [0.15, 0.2) is 5.78 Å². The van der Waals surface area contributed by atoms with Crippen LogP contribution in [0.25, 0.3) is 0 Å². The first kappa shape index (κ1) is 10.6. The van der Waals surface area contributed by atoms with Crippen LogP contribution in [0.5, 0.6) is 0 Å². The average Bonchev–Trinajstić information content (AvgIpc) is 2.83. The van der Waals surface area contributed by atoms with Crippen molar-refractivity contribution in [2.24, 2.45) is 5.41 Å². The number of carbonyl (C=O) groups excluding carboxylic acids is 1. The summed E-state index contributed by atoms with van der Waals surface area (Å²) in [7, 11) is 0. The molecule has 2 aliphatic rings. The second-order valence-corrected chi connectivity index (χ2v) is 5.30. The molecular weight excluding hydrogens is 188 g/mol. The number of allylic oxidation sites excluding steroid dienone is 2. The van der Waals surface area contributed by atoms with E-state index in [-0.39, 0.29) is 16.8 Å². The van der Waals surface area contributed by atoms with Crippen LogP contribution in [0.1, 0.15) is 33.6 Å². The summed E-state index contributed by atoms with van der Waals surface area (Å²) in [5.74, 6) is -0.0181. The number of carbonyl (C=O) groups is 1. The molecule has 0 N–H and O–H groups in total. The highest BCUT2D eigenvalue weighted by Gasteiger charge is 2.61. The number of ether oxygens (including phenoxy) is 1. The SMILES string of the molecule is C=CC(=O)C=C1C(C)(C)CCC2OC12C. The number of fused-ring (bicyclic) bond motifs is 1. The maximum absolute atomic E-state index is 11.4. The minimum absolute atomic E-state index is 0.0181. The van der Waals surface area contributed by atoms with E-state index in [0.29, 0.717) is 6.10 Å². The van der Waals surface area contributed by atoms with E-state index >= 15 is 0 Å². The Hall–Kier alpha value is -0.890. The fourth-order valence-electron chi connectivity index (χ4n) is 2.67. The van der Waals surface area contributed by atoms with Gasteiger partial charge >= 0.3 is 0 Å². The van der Waals surface area contributed by atoms with Gasteiger partial charge in [-0.15, -0.1) is 0 Å². The van der Waals surface area contributed by atoms with Gasteiger partial charge in [0, 0.05) is 0 Å². The molecule has 0 spiro atoms. The molecule has 2 heteroatoms. The van der Waals surface area contributed by atoms with Crippen LogP contribution >= 0.6 is 0 Å². The maximum Gasteiger partial charge on any atom is 0.178 e. The molecule has 0 aromatic rings. The highest BCUT2D eigenvalue weighted by Crippen LogP contribution is 2.57. The first-order chi connectivity index (χ1) is 6.90. The largest absolute Gasteiger partial charge is 0.362 e. The quantitative estimate of drug-likeness (QED) is 0.513. The molecule has 2 rings (SSSR count). The van der Waals surface area contributed by atoms with Crippen molar-refractivity contribution in [2.75, 3.05) is 0 Å². The molecule has 82 valence electrons. The zero-order valence-corrected chi connectivity index (χ0v) is 9.67. The van der Waals surface area contributed by atoms with Gasteiger partial charge in [-0.2, -0.15) is 0 Å². The third-order valence-electron chi connectivity index (χ3n) is 3.73. The van der Waals surface area contributed by atoms with Gasteiger partial charge in [-0.3, -0.25) is 4.79 Å². The molecule has 0 aromatic carbocycles. The topological polar surface area (TPSA) is 29.6 Å². The number of hydrogen-bond donors (Lipinski definition) is 0. The molecule has 1 saturated heterocycles. The van der Waals surface area contributed by atoms with E-state index in [1.165, 1.54) is 6.08 Å². The number of ketones is 1. The molecule has 0 aromatic heterocycles. The van der Waals surface area contributed by atoms with Crippen LogP contribution in [-0.2, 0) is 9.53 Å². The summed E-state index contributed by atoms with van der Waals surface area (Å²) in [5, 5.41) is 0. The van der Waals surface area contributed by atoms with Crippen LogP contribution in [0.3, 0.4) is 0 Å². The van der Waals surface area contributed by atoms with Crippen molar-refractivity contribution in [1.29, 1.82) is 0 Å². The van der Waals surface area contributed by atoms with Crippen LogP contribution in [0, 0.1) is 5.41 Å². The molecule has 0 bridgehead atoms. The lowest BCUT2D eigenvalue weighted by atomic mass is 9.68. The molecular formula is C13H18O2. The predicted octanol–water partition coefficient (Wildman–Crippen LogP) is 2.65. The summed E-state index contributed by atoms with van der Waals surface area (Å²) >= 11 is 0. The zero-order chi connectivity index (χ0) is 11.3. The molecule has 2 atom stereocenters. The van der Waals surface area contributed by atoms with Crippen molar-refractivity contribution in [3.05, 3.63) is 24.3 Å². The molecule has 0 radical (unpaired) electrons. The van der Waals surface area contributed by atoms with Crippen molar-refractivity contribution in [3.8, 4) is 0 Å². The van der Waals surface area contributed by atoms with Gasteiger partial charge in [0.25, 0.3) is 0 Å². The summed E-state index contributed by atoms with van der Waals surface area (Å²) in [6, 6.07) is 0. The van der Waals surface area contributed by atoms with Crippen molar-refractivity contribution in [1.82, 2.24) is 0 Å². The molecule has 1 aliphatic carbocycles. The minimum Gasteiger partial charge on any atom is -0.362 e. The third kappa shape index (κ3) is 1.57. The molecule has 1 heterocycles. The Labute approximate surface area is 91.0 Å².